The van der Waals surface area contributed by atoms with E-state index in [-0.39, 0.29) is 12.4 Å². The first kappa shape index (κ1) is 16.6. The van der Waals surface area contributed by atoms with E-state index in [0.717, 1.165) is 26.0 Å². The van der Waals surface area contributed by atoms with Crippen LogP contribution >= 0.6 is 43.2 Å². The molecule has 112 valence electrons. The maximum atomic E-state index is 12.4. The van der Waals surface area contributed by atoms with Crippen LogP contribution in [0.4, 0.5) is 0 Å². The van der Waals surface area contributed by atoms with Gasteiger partial charge in [0, 0.05) is 18.2 Å². The average molecular weight is 425 g/mol. The van der Waals surface area contributed by atoms with Crippen LogP contribution in [0.1, 0.15) is 42.5 Å². The van der Waals surface area contributed by atoms with Crippen LogP contribution in [0.5, 0.6) is 0 Å². The van der Waals surface area contributed by atoms with E-state index in [0.29, 0.717) is 19.1 Å². The molecule has 0 saturated heterocycles. The molecule has 1 aromatic heterocycles. The number of carbonyl (C=O) groups excluding carboxylic acids is 1. The van der Waals surface area contributed by atoms with Gasteiger partial charge in [0.15, 0.2) is 5.78 Å². The van der Waals surface area contributed by atoms with Gasteiger partial charge in [0.2, 0.25) is 0 Å². The maximum absolute atomic E-state index is 12.4. The molecule has 0 amide bonds. The minimum atomic E-state index is 0.109. The van der Waals surface area contributed by atoms with Gasteiger partial charge >= 0.3 is 0 Å². The van der Waals surface area contributed by atoms with Crippen LogP contribution in [0.2, 0.25) is 0 Å². The van der Waals surface area contributed by atoms with Gasteiger partial charge in [-0.05, 0) is 50.8 Å². The highest BCUT2D eigenvalue weighted by atomic mass is 79.9. The summed E-state index contributed by atoms with van der Waals surface area (Å²) in [5.41, 5.74) is 0.737. The van der Waals surface area contributed by atoms with Gasteiger partial charge in [-0.3, -0.25) is 9.69 Å². The van der Waals surface area contributed by atoms with Crippen molar-refractivity contribution in [2.45, 2.75) is 38.1 Å². The third kappa shape index (κ3) is 4.37. The van der Waals surface area contributed by atoms with Gasteiger partial charge in [0.25, 0.3) is 0 Å². The summed E-state index contributed by atoms with van der Waals surface area (Å²) in [6.45, 7) is 1.09. The van der Waals surface area contributed by atoms with Crippen LogP contribution in [0, 0.1) is 0 Å². The summed E-state index contributed by atoms with van der Waals surface area (Å²) in [4.78, 5) is 14.6. The molecule has 1 saturated carbocycles. The number of hydrogen-bond donors (Lipinski definition) is 1. The Labute approximate surface area is 140 Å². The van der Waals surface area contributed by atoms with Gasteiger partial charge in [0.05, 0.1) is 20.7 Å². The van der Waals surface area contributed by atoms with Gasteiger partial charge in [-0.1, -0.05) is 19.3 Å². The van der Waals surface area contributed by atoms with E-state index in [1.165, 1.54) is 30.6 Å². The summed E-state index contributed by atoms with van der Waals surface area (Å²) in [6.07, 6.45) is 6.03. The number of aliphatic hydroxyl groups is 1. The van der Waals surface area contributed by atoms with E-state index >= 15 is 0 Å². The summed E-state index contributed by atoms with van der Waals surface area (Å²) in [7, 11) is 0. The van der Waals surface area contributed by atoms with Crippen molar-refractivity contribution >= 4 is 49.0 Å². The smallest absolute Gasteiger partial charge is 0.178 e. The van der Waals surface area contributed by atoms with Crippen molar-refractivity contribution in [3.8, 4) is 0 Å². The summed E-state index contributed by atoms with van der Waals surface area (Å²) >= 11 is 8.37. The van der Waals surface area contributed by atoms with Crippen molar-refractivity contribution in [1.82, 2.24) is 4.90 Å². The molecule has 0 unspecified atom stereocenters. The molecule has 0 radical (unpaired) electrons. The topological polar surface area (TPSA) is 40.5 Å². The second-order valence-electron chi connectivity index (χ2n) is 5.15. The fraction of sp³-hybridized carbons (Fsp3) is 0.643. The summed E-state index contributed by atoms with van der Waals surface area (Å²) in [5, 5.41) is 9.24. The Balaban J connectivity index is 2.03. The quantitative estimate of drug-likeness (QED) is 0.699. The van der Waals surface area contributed by atoms with Crippen LogP contribution in [0.15, 0.2) is 13.6 Å². The van der Waals surface area contributed by atoms with Crippen molar-refractivity contribution in [2.24, 2.45) is 0 Å². The van der Waals surface area contributed by atoms with Crippen molar-refractivity contribution < 1.29 is 9.90 Å². The lowest BCUT2D eigenvalue weighted by atomic mass is 9.94. The molecule has 0 bridgehead atoms. The van der Waals surface area contributed by atoms with Crippen LogP contribution in [0.25, 0.3) is 0 Å². The van der Waals surface area contributed by atoms with Crippen molar-refractivity contribution in [3.05, 3.63) is 19.2 Å². The van der Waals surface area contributed by atoms with E-state index in [1.807, 2.05) is 6.07 Å². The van der Waals surface area contributed by atoms with Crippen molar-refractivity contribution in [2.75, 3.05) is 19.7 Å². The molecule has 20 heavy (non-hydrogen) atoms. The molecule has 0 spiro atoms. The third-order valence-electron chi connectivity index (χ3n) is 3.78. The van der Waals surface area contributed by atoms with E-state index in [4.69, 9.17) is 0 Å². The van der Waals surface area contributed by atoms with Crippen molar-refractivity contribution in [1.29, 1.82) is 0 Å². The van der Waals surface area contributed by atoms with Crippen molar-refractivity contribution in [3.63, 3.8) is 0 Å². The molecule has 1 N–H and O–H groups in total. The Morgan fingerprint density at radius 3 is 2.60 bits per heavy atom. The molecule has 0 aromatic carbocycles. The highest BCUT2D eigenvalue weighted by Crippen LogP contribution is 2.32. The largest absolute Gasteiger partial charge is 0.395 e. The zero-order chi connectivity index (χ0) is 14.5. The number of halogens is 2. The molecular formula is C14H19Br2NO2S. The summed E-state index contributed by atoms with van der Waals surface area (Å²) in [5.74, 6) is 0.123. The molecule has 3 nitrogen and oxygen atoms in total. The first-order valence-corrected chi connectivity index (χ1v) is 9.35. The lowest BCUT2D eigenvalue weighted by molar-refractivity contribution is 0.0814. The predicted octanol–water partition coefficient (Wildman–Crippen LogP) is 4.08. The van der Waals surface area contributed by atoms with Gasteiger partial charge in [0.1, 0.15) is 0 Å². The molecule has 1 aliphatic rings. The molecule has 1 aromatic rings. The number of carbonyl (C=O) groups is 1. The maximum Gasteiger partial charge on any atom is 0.178 e. The Morgan fingerprint density at radius 1 is 1.35 bits per heavy atom. The van der Waals surface area contributed by atoms with E-state index in [2.05, 4.69) is 36.8 Å². The second-order valence-corrected chi connectivity index (χ2v) is 8.90. The van der Waals surface area contributed by atoms with E-state index < -0.39 is 0 Å². The average Bonchev–Trinajstić information content (AvgIpc) is 2.78. The van der Waals surface area contributed by atoms with Gasteiger partial charge in [-0.15, -0.1) is 11.3 Å². The molecule has 6 heteroatoms. The fourth-order valence-corrected chi connectivity index (χ4v) is 5.62. The molecule has 0 atom stereocenters. The van der Waals surface area contributed by atoms with Crippen LogP contribution in [0.3, 0.4) is 0 Å². The zero-order valence-corrected chi connectivity index (χ0v) is 15.3. The standard InChI is InChI=1S/C14H19Br2NO2S/c15-13-8-11(14(16)20-13)12(19)9-17(6-7-18)10-4-2-1-3-5-10/h8,10,18H,1-7,9H2. The molecule has 1 heterocycles. The molecule has 1 fully saturated rings. The fourth-order valence-electron chi connectivity index (χ4n) is 2.77. The molecular weight excluding hydrogens is 406 g/mol. The number of thiophene rings is 1. The monoisotopic (exact) mass is 423 g/mol. The molecule has 2 rings (SSSR count). The number of hydrogen-bond acceptors (Lipinski definition) is 4. The van der Waals surface area contributed by atoms with Gasteiger partial charge in [-0.25, -0.2) is 0 Å². The lowest BCUT2D eigenvalue weighted by Gasteiger charge is -2.33. The third-order valence-corrected chi connectivity index (χ3v) is 6.12. The number of ketones is 1. The lowest BCUT2D eigenvalue weighted by Crippen LogP contribution is -2.41. The summed E-state index contributed by atoms with van der Waals surface area (Å²) < 4.78 is 1.83. The van der Waals surface area contributed by atoms with Crippen LogP contribution in [-0.2, 0) is 0 Å². The number of nitrogens with zero attached hydrogens (tertiary/aromatic N) is 1. The second kappa shape index (κ2) is 8.03. The van der Waals surface area contributed by atoms with E-state index in [1.54, 1.807) is 0 Å². The highest BCUT2D eigenvalue weighted by molar-refractivity contribution is 9.12. The Hall–Kier alpha value is 0.250. The van der Waals surface area contributed by atoms with Gasteiger partial charge in [-0.2, -0.15) is 0 Å². The first-order valence-electron chi connectivity index (χ1n) is 6.94. The number of aliphatic hydroxyl groups excluding tert-OH is 1. The Kier molecular flexibility index (Phi) is 6.68. The SMILES string of the molecule is O=C(CN(CCO)C1CCCCC1)c1cc(Br)sc1Br. The van der Waals surface area contributed by atoms with E-state index in [9.17, 15) is 9.90 Å². The Bertz CT molecular complexity index is 458. The highest BCUT2D eigenvalue weighted by Gasteiger charge is 2.24. The number of Topliss-reactive ketones (excluding diaryl/α,β-unsaturated/α-hetero) is 1. The summed E-state index contributed by atoms with van der Waals surface area (Å²) in [6, 6.07) is 2.32. The number of rotatable bonds is 6. The zero-order valence-electron chi connectivity index (χ0n) is 11.3. The van der Waals surface area contributed by atoms with Gasteiger partial charge < -0.3 is 5.11 Å². The molecule has 0 aliphatic heterocycles. The minimum absolute atomic E-state index is 0.109. The van der Waals surface area contributed by atoms with Crippen LogP contribution in [-0.4, -0.2) is 41.5 Å². The van der Waals surface area contributed by atoms with Crippen LogP contribution < -0.4 is 0 Å². The normalized spacial score (nSPS) is 16.8. The molecule has 1 aliphatic carbocycles. The Morgan fingerprint density at radius 2 is 2.05 bits per heavy atom. The first-order chi connectivity index (χ1) is 9.61. The minimum Gasteiger partial charge on any atom is -0.395 e. The predicted molar refractivity (Wildman–Crippen MR) is 89.6 cm³/mol.